The summed E-state index contributed by atoms with van der Waals surface area (Å²) in [6.07, 6.45) is 12.3. The highest BCUT2D eigenvalue weighted by atomic mass is 32.2. The fraction of sp³-hybridized carbons (Fsp3) is 0.758. The van der Waals surface area contributed by atoms with Gasteiger partial charge >= 0.3 is 10.1 Å². The third-order valence-electron chi connectivity index (χ3n) is 11.6. The Morgan fingerprint density at radius 3 is 2.46 bits per heavy atom. The summed E-state index contributed by atoms with van der Waals surface area (Å²) >= 11 is 0. The van der Waals surface area contributed by atoms with Crippen LogP contribution in [0.1, 0.15) is 98.3 Å². The summed E-state index contributed by atoms with van der Waals surface area (Å²) in [7, 11) is -3.88. The molecule has 4 aliphatic rings. The van der Waals surface area contributed by atoms with Crippen molar-refractivity contribution < 1.29 is 22.8 Å². The van der Waals surface area contributed by atoms with Gasteiger partial charge in [0.05, 0.1) is 11.7 Å². The summed E-state index contributed by atoms with van der Waals surface area (Å²) < 4.78 is 32.3. The molecule has 218 valence electrons. The zero-order valence-corrected chi connectivity index (χ0v) is 25.2. The first-order valence-corrected chi connectivity index (χ1v) is 17.0. The van der Waals surface area contributed by atoms with Crippen LogP contribution in [0.4, 0.5) is 0 Å². The second-order valence-electron chi connectivity index (χ2n) is 13.9. The standard InChI is InChI=1S/C33H50O5S/c1-5-33(35)18-16-27-24(21-33)11-12-29-28(27)15-17-32(4)30(13-14-31(29)32)22(2)19-26(20-23(3)34)39(36,37)38-25-9-7-6-8-10-25/h6-11,22-23,26-31,34-35H,5,12-21H2,1-4H3/t22-,23-,26?,27+,28-,29-,30-,31+,32-,33+/m1/s1. The molecule has 0 saturated heterocycles. The van der Waals surface area contributed by atoms with Gasteiger partial charge in [0.15, 0.2) is 0 Å². The second-order valence-corrected chi connectivity index (χ2v) is 15.7. The maximum Gasteiger partial charge on any atom is 0.312 e. The number of aliphatic hydroxyl groups is 2. The van der Waals surface area contributed by atoms with E-state index in [2.05, 4.69) is 26.8 Å². The van der Waals surface area contributed by atoms with Crippen LogP contribution < -0.4 is 4.18 Å². The number of para-hydroxylation sites is 1. The van der Waals surface area contributed by atoms with Crippen molar-refractivity contribution in [1.29, 1.82) is 0 Å². The quantitative estimate of drug-likeness (QED) is 0.255. The van der Waals surface area contributed by atoms with Gasteiger partial charge < -0.3 is 14.4 Å². The molecule has 0 amide bonds. The van der Waals surface area contributed by atoms with Gasteiger partial charge in [0.1, 0.15) is 11.0 Å². The molecule has 0 aliphatic heterocycles. The lowest BCUT2D eigenvalue weighted by Crippen LogP contribution is -2.48. The lowest BCUT2D eigenvalue weighted by Gasteiger charge is -2.55. The number of rotatable bonds is 9. The van der Waals surface area contributed by atoms with Crippen molar-refractivity contribution in [1.82, 2.24) is 0 Å². The Bertz CT molecular complexity index is 1130. The molecular weight excluding hydrogens is 508 g/mol. The minimum atomic E-state index is -3.88. The predicted octanol–water partition coefficient (Wildman–Crippen LogP) is 6.89. The zero-order valence-electron chi connectivity index (χ0n) is 24.4. The number of hydrogen-bond acceptors (Lipinski definition) is 5. The molecule has 39 heavy (non-hydrogen) atoms. The first-order chi connectivity index (χ1) is 18.5. The van der Waals surface area contributed by atoms with Crippen molar-refractivity contribution in [3.8, 4) is 5.75 Å². The SMILES string of the molecule is CC[C@]1(O)CC[C@H]2C(=CC[C@@H]3[C@@H]2CC[C@]2(C)[C@@H]([C@H](C)CC(C[C@@H](C)O)S(=O)(=O)Oc4ccccc4)CC[C@@H]32)C1. The Morgan fingerprint density at radius 2 is 1.77 bits per heavy atom. The average Bonchev–Trinajstić information content (AvgIpc) is 3.25. The third-order valence-corrected chi connectivity index (χ3v) is 13.2. The summed E-state index contributed by atoms with van der Waals surface area (Å²) in [5, 5.41) is 20.4. The molecule has 0 spiro atoms. The minimum Gasteiger partial charge on any atom is -0.393 e. The van der Waals surface area contributed by atoms with Crippen LogP contribution >= 0.6 is 0 Å². The number of fused-ring (bicyclic) bond motifs is 5. The Hall–Kier alpha value is -1.37. The van der Waals surface area contributed by atoms with Crippen LogP contribution in [0.15, 0.2) is 42.0 Å². The van der Waals surface area contributed by atoms with E-state index < -0.39 is 27.1 Å². The van der Waals surface area contributed by atoms with Gasteiger partial charge in [-0.3, -0.25) is 0 Å². The lowest BCUT2D eigenvalue weighted by atomic mass is 9.50. The molecule has 0 heterocycles. The normalized spacial score (nSPS) is 38.5. The number of hydrogen-bond donors (Lipinski definition) is 2. The van der Waals surface area contributed by atoms with E-state index in [0.29, 0.717) is 35.8 Å². The summed E-state index contributed by atoms with van der Waals surface area (Å²) in [5.74, 6) is 3.82. The maximum absolute atomic E-state index is 13.4. The molecular formula is C33H50O5S. The molecule has 6 heteroatoms. The molecule has 1 unspecified atom stereocenters. The van der Waals surface area contributed by atoms with Crippen molar-refractivity contribution in [2.45, 2.75) is 115 Å². The van der Waals surface area contributed by atoms with Gasteiger partial charge in [-0.05, 0) is 131 Å². The summed E-state index contributed by atoms with van der Waals surface area (Å²) in [4.78, 5) is 0. The molecule has 1 aromatic rings. The lowest BCUT2D eigenvalue weighted by molar-refractivity contribution is -0.0460. The molecule has 0 aromatic heterocycles. The van der Waals surface area contributed by atoms with Gasteiger partial charge in [-0.1, -0.05) is 50.6 Å². The van der Waals surface area contributed by atoms with Crippen molar-refractivity contribution in [2.24, 2.45) is 40.9 Å². The van der Waals surface area contributed by atoms with Gasteiger partial charge in [0.25, 0.3) is 0 Å². The van der Waals surface area contributed by atoms with Crippen LogP contribution in [0.2, 0.25) is 0 Å². The minimum absolute atomic E-state index is 0.191. The van der Waals surface area contributed by atoms with Crippen molar-refractivity contribution >= 4 is 10.1 Å². The average molecular weight is 559 g/mol. The molecule has 0 radical (unpaired) electrons. The van der Waals surface area contributed by atoms with E-state index in [0.717, 1.165) is 44.4 Å². The number of allylic oxidation sites excluding steroid dienone is 1. The van der Waals surface area contributed by atoms with Crippen LogP contribution in [-0.2, 0) is 10.1 Å². The molecule has 2 N–H and O–H groups in total. The molecule has 5 rings (SSSR count). The second kappa shape index (κ2) is 11.1. The Labute approximate surface area is 236 Å². The van der Waals surface area contributed by atoms with Gasteiger partial charge in [-0.2, -0.15) is 8.42 Å². The number of benzene rings is 1. The molecule has 10 atom stereocenters. The highest BCUT2D eigenvalue weighted by Gasteiger charge is 2.57. The van der Waals surface area contributed by atoms with Crippen LogP contribution in [0, 0.1) is 40.9 Å². The third kappa shape index (κ3) is 5.72. The van der Waals surface area contributed by atoms with E-state index in [9.17, 15) is 18.6 Å². The smallest absolute Gasteiger partial charge is 0.312 e. The van der Waals surface area contributed by atoms with E-state index >= 15 is 0 Å². The van der Waals surface area contributed by atoms with E-state index in [1.165, 1.54) is 24.8 Å². The van der Waals surface area contributed by atoms with Gasteiger partial charge in [0, 0.05) is 0 Å². The van der Waals surface area contributed by atoms with E-state index in [-0.39, 0.29) is 17.8 Å². The Morgan fingerprint density at radius 1 is 1.03 bits per heavy atom. The summed E-state index contributed by atoms with van der Waals surface area (Å²) in [6.45, 7) is 8.52. The molecule has 3 saturated carbocycles. The van der Waals surface area contributed by atoms with Gasteiger partial charge in [-0.25, -0.2) is 0 Å². The first kappa shape index (κ1) is 29.1. The molecule has 3 fully saturated rings. The fourth-order valence-corrected chi connectivity index (χ4v) is 11.2. The van der Waals surface area contributed by atoms with E-state index in [4.69, 9.17) is 4.18 Å². The van der Waals surface area contributed by atoms with Crippen molar-refractivity contribution in [3.63, 3.8) is 0 Å². The first-order valence-electron chi connectivity index (χ1n) is 15.5. The largest absolute Gasteiger partial charge is 0.393 e. The molecule has 5 nitrogen and oxygen atoms in total. The molecule has 0 bridgehead atoms. The summed E-state index contributed by atoms with van der Waals surface area (Å²) in [5.41, 5.74) is 1.26. The van der Waals surface area contributed by atoms with Crippen LogP contribution in [-0.4, -0.2) is 35.6 Å². The molecule has 1 aromatic carbocycles. The van der Waals surface area contributed by atoms with Crippen LogP contribution in [0.3, 0.4) is 0 Å². The Kier molecular flexibility index (Phi) is 8.32. The zero-order chi connectivity index (χ0) is 28.0. The van der Waals surface area contributed by atoms with Crippen molar-refractivity contribution in [2.75, 3.05) is 0 Å². The van der Waals surface area contributed by atoms with E-state index in [1.807, 2.05) is 6.07 Å². The fourth-order valence-electron chi connectivity index (χ4n) is 9.61. The van der Waals surface area contributed by atoms with Gasteiger partial charge in [0.2, 0.25) is 0 Å². The predicted molar refractivity (Wildman–Crippen MR) is 156 cm³/mol. The molecule has 4 aliphatic carbocycles. The highest BCUT2D eigenvalue weighted by molar-refractivity contribution is 7.87. The summed E-state index contributed by atoms with van der Waals surface area (Å²) in [6, 6.07) is 8.71. The Balaban J connectivity index is 1.30. The van der Waals surface area contributed by atoms with Crippen LogP contribution in [0.25, 0.3) is 0 Å². The van der Waals surface area contributed by atoms with Gasteiger partial charge in [-0.15, -0.1) is 0 Å². The number of aliphatic hydroxyl groups excluding tert-OH is 1. The highest BCUT2D eigenvalue weighted by Crippen LogP contribution is 2.65. The van der Waals surface area contributed by atoms with Crippen LogP contribution in [0.5, 0.6) is 5.75 Å². The maximum atomic E-state index is 13.4. The van der Waals surface area contributed by atoms with Crippen molar-refractivity contribution in [3.05, 3.63) is 42.0 Å². The van der Waals surface area contributed by atoms with E-state index in [1.54, 1.807) is 31.2 Å². The topological polar surface area (TPSA) is 83.8 Å². The monoisotopic (exact) mass is 558 g/mol.